The molecule has 0 aromatic heterocycles. The van der Waals surface area contributed by atoms with Gasteiger partial charge in [-0.2, -0.15) is 11.8 Å². The first kappa shape index (κ1) is 16.5. The second-order valence-electron chi connectivity index (χ2n) is 5.82. The van der Waals surface area contributed by atoms with Gasteiger partial charge in [0, 0.05) is 30.3 Å². The summed E-state index contributed by atoms with van der Waals surface area (Å²) in [5.41, 5.74) is 1.33. The average molecular weight is 308 g/mol. The SMILES string of the molecule is CCCCC(CC)COc1ccc(N2CCSCC2)cc1. The Morgan fingerprint density at radius 2 is 1.86 bits per heavy atom. The van der Waals surface area contributed by atoms with Crippen LogP contribution in [-0.4, -0.2) is 31.2 Å². The lowest BCUT2D eigenvalue weighted by Crippen LogP contribution is -2.32. The van der Waals surface area contributed by atoms with Gasteiger partial charge in [-0.25, -0.2) is 0 Å². The van der Waals surface area contributed by atoms with Gasteiger partial charge < -0.3 is 9.64 Å². The fourth-order valence-corrected chi connectivity index (χ4v) is 3.59. The minimum Gasteiger partial charge on any atom is -0.493 e. The summed E-state index contributed by atoms with van der Waals surface area (Å²) in [5, 5.41) is 0. The van der Waals surface area contributed by atoms with E-state index in [0.717, 1.165) is 12.4 Å². The zero-order chi connectivity index (χ0) is 14.9. The molecule has 1 aliphatic heterocycles. The topological polar surface area (TPSA) is 12.5 Å². The van der Waals surface area contributed by atoms with Gasteiger partial charge in [0.1, 0.15) is 5.75 Å². The molecule has 0 amide bonds. The van der Waals surface area contributed by atoms with E-state index in [1.807, 2.05) is 0 Å². The van der Waals surface area contributed by atoms with E-state index < -0.39 is 0 Å². The molecule has 1 aromatic carbocycles. The van der Waals surface area contributed by atoms with Gasteiger partial charge >= 0.3 is 0 Å². The third kappa shape index (κ3) is 5.46. The largest absolute Gasteiger partial charge is 0.493 e. The van der Waals surface area contributed by atoms with Crippen molar-refractivity contribution in [2.24, 2.45) is 5.92 Å². The molecule has 2 nitrogen and oxygen atoms in total. The lowest BCUT2D eigenvalue weighted by molar-refractivity contribution is 0.233. The van der Waals surface area contributed by atoms with Gasteiger partial charge in [-0.15, -0.1) is 0 Å². The normalized spacial score (nSPS) is 16.8. The number of hydrogen-bond donors (Lipinski definition) is 0. The van der Waals surface area contributed by atoms with Crippen LogP contribution in [0.3, 0.4) is 0 Å². The number of benzene rings is 1. The van der Waals surface area contributed by atoms with Crippen LogP contribution in [0.25, 0.3) is 0 Å². The molecular formula is C18H29NOS. The van der Waals surface area contributed by atoms with Crippen LogP contribution in [0, 0.1) is 5.92 Å². The predicted octanol–water partition coefficient (Wildman–Crippen LogP) is 4.84. The fourth-order valence-electron chi connectivity index (χ4n) is 2.69. The summed E-state index contributed by atoms with van der Waals surface area (Å²) in [6.45, 7) is 7.71. The molecule has 1 fully saturated rings. The minimum absolute atomic E-state index is 0.698. The Morgan fingerprint density at radius 1 is 1.14 bits per heavy atom. The highest BCUT2D eigenvalue weighted by atomic mass is 32.2. The molecule has 2 rings (SSSR count). The number of ether oxygens (including phenoxy) is 1. The number of hydrogen-bond acceptors (Lipinski definition) is 3. The van der Waals surface area contributed by atoms with Gasteiger partial charge in [0.25, 0.3) is 0 Å². The molecule has 1 aliphatic rings. The molecule has 3 heteroatoms. The van der Waals surface area contributed by atoms with Gasteiger partial charge in [0.2, 0.25) is 0 Å². The van der Waals surface area contributed by atoms with Crippen molar-refractivity contribution in [1.82, 2.24) is 0 Å². The van der Waals surface area contributed by atoms with E-state index in [1.54, 1.807) is 0 Å². The first-order chi connectivity index (χ1) is 10.3. The van der Waals surface area contributed by atoms with Crippen molar-refractivity contribution in [3.63, 3.8) is 0 Å². The molecule has 118 valence electrons. The van der Waals surface area contributed by atoms with Crippen molar-refractivity contribution in [2.45, 2.75) is 39.5 Å². The molecule has 1 aromatic rings. The third-order valence-corrected chi connectivity index (χ3v) is 5.18. The van der Waals surface area contributed by atoms with E-state index in [9.17, 15) is 0 Å². The van der Waals surface area contributed by atoms with E-state index in [0.29, 0.717) is 5.92 Å². The maximum absolute atomic E-state index is 5.98. The van der Waals surface area contributed by atoms with Gasteiger partial charge in [-0.05, 0) is 36.6 Å². The summed E-state index contributed by atoms with van der Waals surface area (Å²) in [6, 6.07) is 8.67. The molecule has 0 radical (unpaired) electrons. The maximum Gasteiger partial charge on any atom is 0.119 e. The summed E-state index contributed by atoms with van der Waals surface area (Å²) < 4.78 is 5.98. The smallest absolute Gasteiger partial charge is 0.119 e. The predicted molar refractivity (Wildman–Crippen MR) is 94.8 cm³/mol. The van der Waals surface area contributed by atoms with Crippen LogP contribution in [0.1, 0.15) is 39.5 Å². The molecule has 0 bridgehead atoms. The number of anilines is 1. The average Bonchev–Trinajstić information content (AvgIpc) is 2.56. The maximum atomic E-state index is 5.98. The van der Waals surface area contributed by atoms with Crippen molar-refractivity contribution >= 4 is 17.4 Å². The second-order valence-corrected chi connectivity index (χ2v) is 7.05. The summed E-state index contributed by atoms with van der Waals surface area (Å²) in [4.78, 5) is 2.47. The highest BCUT2D eigenvalue weighted by Crippen LogP contribution is 2.23. The summed E-state index contributed by atoms with van der Waals surface area (Å²) in [7, 11) is 0. The third-order valence-electron chi connectivity index (χ3n) is 4.24. The van der Waals surface area contributed by atoms with Crippen LogP contribution in [0.2, 0.25) is 0 Å². The highest BCUT2D eigenvalue weighted by Gasteiger charge is 2.11. The standard InChI is InChI=1S/C18H29NOS/c1-3-5-6-16(4-2)15-20-18-9-7-17(8-10-18)19-11-13-21-14-12-19/h7-10,16H,3-6,11-15H2,1-2H3. The fraction of sp³-hybridized carbons (Fsp3) is 0.667. The van der Waals surface area contributed by atoms with Gasteiger partial charge in [0.05, 0.1) is 6.61 Å². The van der Waals surface area contributed by atoms with Crippen LogP contribution in [0.15, 0.2) is 24.3 Å². The van der Waals surface area contributed by atoms with E-state index in [2.05, 4.69) is 54.8 Å². The minimum atomic E-state index is 0.698. The Balaban J connectivity index is 1.81. The van der Waals surface area contributed by atoms with Gasteiger partial charge in [-0.1, -0.05) is 33.1 Å². The summed E-state index contributed by atoms with van der Waals surface area (Å²) >= 11 is 2.05. The Bertz CT molecular complexity index is 387. The first-order valence-electron chi connectivity index (χ1n) is 8.39. The van der Waals surface area contributed by atoms with E-state index >= 15 is 0 Å². The van der Waals surface area contributed by atoms with Crippen molar-refractivity contribution in [3.05, 3.63) is 24.3 Å². The zero-order valence-corrected chi connectivity index (χ0v) is 14.3. The highest BCUT2D eigenvalue weighted by molar-refractivity contribution is 7.99. The quantitative estimate of drug-likeness (QED) is 0.682. The van der Waals surface area contributed by atoms with Gasteiger partial charge in [-0.3, -0.25) is 0 Å². The molecule has 0 spiro atoms. The lowest BCUT2D eigenvalue weighted by atomic mass is 10.0. The monoisotopic (exact) mass is 307 g/mol. The van der Waals surface area contributed by atoms with E-state index in [-0.39, 0.29) is 0 Å². The molecule has 1 heterocycles. The molecule has 0 N–H and O–H groups in total. The molecule has 0 saturated carbocycles. The molecule has 1 saturated heterocycles. The number of rotatable bonds is 8. The molecular weight excluding hydrogens is 278 g/mol. The van der Waals surface area contributed by atoms with E-state index in [1.165, 1.54) is 56.0 Å². The van der Waals surface area contributed by atoms with Gasteiger partial charge in [0.15, 0.2) is 0 Å². The Morgan fingerprint density at radius 3 is 2.48 bits per heavy atom. The van der Waals surface area contributed by atoms with Crippen LogP contribution in [0.5, 0.6) is 5.75 Å². The van der Waals surface area contributed by atoms with E-state index in [4.69, 9.17) is 4.74 Å². The molecule has 21 heavy (non-hydrogen) atoms. The number of thioether (sulfide) groups is 1. The zero-order valence-electron chi connectivity index (χ0n) is 13.5. The van der Waals surface area contributed by atoms with Crippen LogP contribution in [0.4, 0.5) is 5.69 Å². The summed E-state index contributed by atoms with van der Waals surface area (Å²) in [6.07, 6.45) is 5.09. The van der Waals surface area contributed by atoms with Crippen molar-refractivity contribution in [1.29, 1.82) is 0 Å². The number of unbranched alkanes of at least 4 members (excludes halogenated alkanes) is 1. The van der Waals surface area contributed by atoms with Crippen LogP contribution < -0.4 is 9.64 Å². The lowest BCUT2D eigenvalue weighted by Gasteiger charge is -2.28. The van der Waals surface area contributed by atoms with Crippen molar-refractivity contribution in [2.75, 3.05) is 36.1 Å². The first-order valence-corrected chi connectivity index (χ1v) is 9.54. The Kier molecular flexibility index (Phi) is 7.28. The second kappa shape index (κ2) is 9.24. The Labute approximate surface area is 134 Å². The van der Waals surface area contributed by atoms with Crippen molar-refractivity contribution < 1.29 is 4.74 Å². The molecule has 1 unspecified atom stereocenters. The summed E-state index contributed by atoms with van der Waals surface area (Å²) in [5.74, 6) is 4.20. The Hall–Kier alpha value is -0.830. The molecule has 1 atom stereocenters. The van der Waals surface area contributed by atoms with Crippen LogP contribution in [-0.2, 0) is 0 Å². The van der Waals surface area contributed by atoms with Crippen LogP contribution >= 0.6 is 11.8 Å². The van der Waals surface area contributed by atoms with Crippen molar-refractivity contribution in [3.8, 4) is 5.75 Å². The number of nitrogens with zero attached hydrogens (tertiary/aromatic N) is 1. The molecule has 0 aliphatic carbocycles.